The predicted molar refractivity (Wildman–Crippen MR) is 71.8 cm³/mol. The minimum absolute atomic E-state index is 0.589. The molecule has 0 aliphatic heterocycles. The fourth-order valence-electron chi connectivity index (χ4n) is 2.71. The van der Waals surface area contributed by atoms with Gasteiger partial charge >= 0.3 is 0 Å². The normalized spacial score (nSPS) is 23.6. The molecule has 1 saturated carbocycles. The smallest absolute Gasteiger partial charge is 0.00954 e. The minimum atomic E-state index is 0.589. The Kier molecular flexibility index (Phi) is 5.26. The summed E-state index contributed by atoms with van der Waals surface area (Å²) in [4.78, 5) is 2.60. The van der Waals surface area contributed by atoms with Gasteiger partial charge in [-0.3, -0.25) is 0 Å². The standard InChI is InChI=1S/C14H30N2/c1-12(8-11-15-4)16(5)13-6-9-14(2,3)10-7-13/h12-13,15H,6-11H2,1-5H3. The lowest BCUT2D eigenvalue weighted by atomic mass is 9.75. The van der Waals surface area contributed by atoms with Crippen molar-refractivity contribution in [3.63, 3.8) is 0 Å². The van der Waals surface area contributed by atoms with Gasteiger partial charge < -0.3 is 10.2 Å². The zero-order chi connectivity index (χ0) is 12.2. The molecule has 1 aliphatic carbocycles. The predicted octanol–water partition coefficient (Wildman–Crippen LogP) is 2.89. The van der Waals surface area contributed by atoms with Gasteiger partial charge in [-0.25, -0.2) is 0 Å². The SMILES string of the molecule is CNCCC(C)N(C)C1CCC(C)(C)CC1. The van der Waals surface area contributed by atoms with Gasteiger partial charge in [0.25, 0.3) is 0 Å². The quantitative estimate of drug-likeness (QED) is 0.775. The van der Waals surface area contributed by atoms with Crippen LogP contribution in [-0.4, -0.2) is 37.6 Å². The Morgan fingerprint density at radius 2 is 1.88 bits per heavy atom. The highest BCUT2D eigenvalue weighted by atomic mass is 15.2. The maximum absolute atomic E-state index is 3.24. The second-order valence-corrected chi connectivity index (χ2v) is 6.30. The van der Waals surface area contributed by atoms with Crippen molar-refractivity contribution >= 4 is 0 Å². The zero-order valence-corrected chi connectivity index (χ0v) is 11.8. The molecular weight excluding hydrogens is 196 g/mol. The highest BCUT2D eigenvalue weighted by molar-refractivity contribution is 4.84. The van der Waals surface area contributed by atoms with Crippen LogP contribution in [0.15, 0.2) is 0 Å². The largest absolute Gasteiger partial charge is 0.320 e. The number of nitrogens with one attached hydrogen (secondary N) is 1. The zero-order valence-electron chi connectivity index (χ0n) is 11.8. The molecule has 0 aromatic carbocycles. The molecule has 1 aliphatic rings. The molecule has 2 heteroatoms. The Hall–Kier alpha value is -0.0800. The first-order valence-corrected chi connectivity index (χ1v) is 6.83. The van der Waals surface area contributed by atoms with E-state index < -0.39 is 0 Å². The van der Waals surface area contributed by atoms with E-state index in [0.717, 1.165) is 12.6 Å². The van der Waals surface area contributed by atoms with Gasteiger partial charge in [-0.2, -0.15) is 0 Å². The third-order valence-corrected chi connectivity index (χ3v) is 4.39. The first-order valence-electron chi connectivity index (χ1n) is 6.83. The average molecular weight is 226 g/mol. The van der Waals surface area contributed by atoms with Crippen LogP contribution in [-0.2, 0) is 0 Å². The summed E-state index contributed by atoms with van der Waals surface area (Å²) in [6, 6.07) is 1.53. The van der Waals surface area contributed by atoms with Crippen LogP contribution in [0.25, 0.3) is 0 Å². The molecule has 0 aromatic rings. The van der Waals surface area contributed by atoms with Gasteiger partial charge in [0, 0.05) is 12.1 Å². The van der Waals surface area contributed by atoms with E-state index in [1.54, 1.807) is 0 Å². The second-order valence-electron chi connectivity index (χ2n) is 6.30. The molecule has 2 nitrogen and oxygen atoms in total. The van der Waals surface area contributed by atoms with E-state index >= 15 is 0 Å². The number of rotatable bonds is 5. The molecule has 0 aromatic heterocycles. The van der Waals surface area contributed by atoms with E-state index in [0.29, 0.717) is 11.5 Å². The fraction of sp³-hybridized carbons (Fsp3) is 1.00. The number of hydrogen-bond donors (Lipinski definition) is 1. The Morgan fingerprint density at radius 3 is 2.38 bits per heavy atom. The van der Waals surface area contributed by atoms with E-state index in [1.165, 1.54) is 32.1 Å². The summed E-state index contributed by atoms with van der Waals surface area (Å²) in [5, 5.41) is 3.24. The van der Waals surface area contributed by atoms with Gasteiger partial charge in [0.2, 0.25) is 0 Å². The van der Waals surface area contributed by atoms with Gasteiger partial charge in [0.15, 0.2) is 0 Å². The van der Waals surface area contributed by atoms with Gasteiger partial charge in [0.1, 0.15) is 0 Å². The first kappa shape index (κ1) is 14.0. The average Bonchev–Trinajstić information content (AvgIpc) is 2.25. The van der Waals surface area contributed by atoms with Crippen LogP contribution >= 0.6 is 0 Å². The Morgan fingerprint density at radius 1 is 1.31 bits per heavy atom. The van der Waals surface area contributed by atoms with Crippen LogP contribution < -0.4 is 5.32 Å². The molecule has 0 bridgehead atoms. The van der Waals surface area contributed by atoms with Crippen molar-refractivity contribution < 1.29 is 0 Å². The molecule has 1 fully saturated rings. The molecule has 0 spiro atoms. The van der Waals surface area contributed by atoms with E-state index in [1.807, 2.05) is 7.05 Å². The Bertz CT molecular complexity index is 191. The van der Waals surface area contributed by atoms with Crippen LogP contribution in [0.1, 0.15) is 52.9 Å². The van der Waals surface area contributed by atoms with Crippen molar-refractivity contribution in [2.24, 2.45) is 5.41 Å². The lowest BCUT2D eigenvalue weighted by Gasteiger charge is -2.41. The van der Waals surface area contributed by atoms with E-state index in [2.05, 4.69) is 38.0 Å². The van der Waals surface area contributed by atoms with Crippen molar-refractivity contribution in [1.82, 2.24) is 10.2 Å². The molecule has 1 unspecified atom stereocenters. The van der Waals surface area contributed by atoms with E-state index in [4.69, 9.17) is 0 Å². The van der Waals surface area contributed by atoms with E-state index in [-0.39, 0.29) is 0 Å². The molecule has 16 heavy (non-hydrogen) atoms. The van der Waals surface area contributed by atoms with Gasteiger partial charge in [-0.05, 0) is 65.1 Å². The summed E-state index contributed by atoms with van der Waals surface area (Å²) < 4.78 is 0. The molecule has 0 heterocycles. The first-order chi connectivity index (χ1) is 7.46. The van der Waals surface area contributed by atoms with Gasteiger partial charge in [0.05, 0.1) is 0 Å². The van der Waals surface area contributed by atoms with Gasteiger partial charge in [-0.15, -0.1) is 0 Å². The van der Waals surface area contributed by atoms with Crippen molar-refractivity contribution in [3.8, 4) is 0 Å². The Labute approximate surface area is 102 Å². The maximum atomic E-state index is 3.24. The molecule has 96 valence electrons. The third-order valence-electron chi connectivity index (χ3n) is 4.39. The minimum Gasteiger partial charge on any atom is -0.320 e. The summed E-state index contributed by atoms with van der Waals surface area (Å²) in [7, 11) is 4.35. The highest BCUT2D eigenvalue weighted by Crippen LogP contribution is 2.37. The maximum Gasteiger partial charge on any atom is 0.00954 e. The van der Waals surface area contributed by atoms with Crippen molar-refractivity contribution in [3.05, 3.63) is 0 Å². The lowest BCUT2D eigenvalue weighted by Crippen LogP contribution is -2.42. The summed E-state index contributed by atoms with van der Waals surface area (Å²) in [5.41, 5.74) is 0.589. The number of hydrogen-bond acceptors (Lipinski definition) is 2. The molecule has 1 rings (SSSR count). The monoisotopic (exact) mass is 226 g/mol. The highest BCUT2D eigenvalue weighted by Gasteiger charge is 2.29. The molecule has 0 amide bonds. The summed E-state index contributed by atoms with van der Waals surface area (Å²) in [6.45, 7) is 8.31. The number of nitrogens with zero attached hydrogens (tertiary/aromatic N) is 1. The molecule has 0 radical (unpaired) electrons. The molecule has 0 saturated heterocycles. The summed E-state index contributed by atoms with van der Waals surface area (Å²) in [6.07, 6.45) is 6.80. The molecule has 1 atom stereocenters. The van der Waals surface area contributed by atoms with Crippen molar-refractivity contribution in [2.75, 3.05) is 20.6 Å². The molecular formula is C14H30N2. The molecule has 1 N–H and O–H groups in total. The fourth-order valence-corrected chi connectivity index (χ4v) is 2.71. The van der Waals surface area contributed by atoms with Crippen molar-refractivity contribution in [2.45, 2.75) is 65.0 Å². The third kappa shape index (κ3) is 4.06. The van der Waals surface area contributed by atoms with Crippen LogP contribution in [0.4, 0.5) is 0 Å². The van der Waals surface area contributed by atoms with E-state index in [9.17, 15) is 0 Å². The van der Waals surface area contributed by atoms with Gasteiger partial charge in [-0.1, -0.05) is 13.8 Å². The van der Waals surface area contributed by atoms with Crippen LogP contribution in [0.5, 0.6) is 0 Å². The topological polar surface area (TPSA) is 15.3 Å². The van der Waals surface area contributed by atoms with Crippen LogP contribution in [0, 0.1) is 5.41 Å². The Balaban J connectivity index is 2.34. The van der Waals surface area contributed by atoms with Crippen LogP contribution in [0.3, 0.4) is 0 Å². The lowest BCUT2D eigenvalue weighted by molar-refractivity contribution is 0.0971. The second kappa shape index (κ2) is 6.02. The van der Waals surface area contributed by atoms with Crippen molar-refractivity contribution in [1.29, 1.82) is 0 Å². The summed E-state index contributed by atoms with van der Waals surface area (Å²) >= 11 is 0. The summed E-state index contributed by atoms with van der Waals surface area (Å²) in [5.74, 6) is 0. The van der Waals surface area contributed by atoms with Crippen LogP contribution in [0.2, 0.25) is 0 Å².